The summed E-state index contributed by atoms with van der Waals surface area (Å²) in [6, 6.07) is 12.4. The number of hydrogen-bond acceptors (Lipinski definition) is 5. The molecule has 144 valence electrons. The SMILES string of the molecule is COc1ccc(CCNC(=O)c2cc(Nc3c(F)cccc3F)ncn2)cc1. The van der Waals surface area contributed by atoms with E-state index >= 15 is 0 Å². The van der Waals surface area contributed by atoms with Crippen molar-refractivity contribution in [2.75, 3.05) is 19.0 Å². The molecular formula is C20H18F2N4O2. The lowest BCUT2D eigenvalue weighted by Gasteiger charge is -2.09. The summed E-state index contributed by atoms with van der Waals surface area (Å²) >= 11 is 0. The van der Waals surface area contributed by atoms with Gasteiger partial charge in [0.1, 0.15) is 40.9 Å². The predicted octanol–water partition coefficient (Wildman–Crippen LogP) is 3.48. The summed E-state index contributed by atoms with van der Waals surface area (Å²) in [6.45, 7) is 0.403. The summed E-state index contributed by atoms with van der Waals surface area (Å²) in [5.74, 6) is -1.06. The lowest BCUT2D eigenvalue weighted by Crippen LogP contribution is -2.26. The number of halogens is 2. The summed E-state index contributed by atoms with van der Waals surface area (Å²) in [5.41, 5.74) is 0.789. The Hall–Kier alpha value is -3.55. The number of rotatable bonds is 7. The van der Waals surface area contributed by atoms with Crippen LogP contribution in [0.25, 0.3) is 0 Å². The minimum atomic E-state index is -0.760. The fourth-order valence-electron chi connectivity index (χ4n) is 2.50. The number of anilines is 2. The Bertz CT molecular complexity index is 944. The lowest BCUT2D eigenvalue weighted by atomic mass is 10.1. The van der Waals surface area contributed by atoms with Gasteiger partial charge in [0.05, 0.1) is 7.11 Å². The summed E-state index contributed by atoms with van der Waals surface area (Å²) in [6.07, 6.45) is 1.78. The van der Waals surface area contributed by atoms with Crippen molar-refractivity contribution in [1.82, 2.24) is 15.3 Å². The molecule has 0 unspecified atom stereocenters. The second-order valence-corrected chi connectivity index (χ2v) is 5.86. The molecule has 0 saturated heterocycles. The van der Waals surface area contributed by atoms with Crippen molar-refractivity contribution in [2.24, 2.45) is 0 Å². The van der Waals surface area contributed by atoms with Gasteiger partial charge in [-0.3, -0.25) is 4.79 Å². The van der Waals surface area contributed by atoms with Gasteiger partial charge in [-0.25, -0.2) is 18.7 Å². The molecule has 2 aromatic carbocycles. The molecule has 8 heteroatoms. The summed E-state index contributed by atoms with van der Waals surface area (Å²) in [5, 5.41) is 5.29. The van der Waals surface area contributed by atoms with E-state index in [9.17, 15) is 13.6 Å². The number of nitrogens with zero attached hydrogens (tertiary/aromatic N) is 2. The number of benzene rings is 2. The zero-order chi connectivity index (χ0) is 19.9. The third kappa shape index (κ3) is 4.79. The molecule has 2 N–H and O–H groups in total. The molecule has 0 atom stereocenters. The first-order valence-corrected chi connectivity index (χ1v) is 8.51. The Morgan fingerprint density at radius 3 is 2.46 bits per heavy atom. The summed E-state index contributed by atoms with van der Waals surface area (Å²) < 4.78 is 32.6. The van der Waals surface area contributed by atoms with E-state index in [1.165, 1.54) is 12.1 Å². The Morgan fingerprint density at radius 1 is 1.07 bits per heavy atom. The van der Waals surface area contributed by atoms with Crippen molar-refractivity contribution in [3.63, 3.8) is 0 Å². The van der Waals surface area contributed by atoms with Crippen LogP contribution >= 0.6 is 0 Å². The van der Waals surface area contributed by atoms with E-state index in [4.69, 9.17) is 4.74 Å². The van der Waals surface area contributed by atoms with Gasteiger partial charge in [0.25, 0.3) is 5.91 Å². The van der Waals surface area contributed by atoms with E-state index in [-0.39, 0.29) is 17.2 Å². The van der Waals surface area contributed by atoms with Gasteiger partial charge in [0, 0.05) is 12.6 Å². The van der Waals surface area contributed by atoms with Crippen LogP contribution in [0.1, 0.15) is 16.1 Å². The maximum Gasteiger partial charge on any atom is 0.270 e. The van der Waals surface area contributed by atoms with Crippen LogP contribution in [-0.2, 0) is 6.42 Å². The average Bonchev–Trinajstić information content (AvgIpc) is 2.71. The zero-order valence-electron chi connectivity index (χ0n) is 15.1. The lowest BCUT2D eigenvalue weighted by molar-refractivity contribution is 0.0949. The highest BCUT2D eigenvalue weighted by molar-refractivity contribution is 5.92. The highest BCUT2D eigenvalue weighted by Gasteiger charge is 2.12. The molecule has 0 radical (unpaired) electrons. The molecule has 0 saturated carbocycles. The third-order valence-corrected chi connectivity index (χ3v) is 3.97. The number of para-hydroxylation sites is 1. The van der Waals surface area contributed by atoms with Crippen molar-refractivity contribution >= 4 is 17.4 Å². The van der Waals surface area contributed by atoms with E-state index < -0.39 is 17.5 Å². The van der Waals surface area contributed by atoms with Crippen molar-refractivity contribution < 1.29 is 18.3 Å². The first-order valence-electron chi connectivity index (χ1n) is 8.51. The Labute approximate surface area is 160 Å². The maximum absolute atomic E-state index is 13.7. The largest absolute Gasteiger partial charge is 0.497 e. The van der Waals surface area contributed by atoms with Gasteiger partial charge < -0.3 is 15.4 Å². The molecule has 0 aliphatic carbocycles. The molecule has 1 amide bonds. The minimum absolute atomic E-state index is 0.0870. The number of carbonyl (C=O) groups is 1. The second kappa shape index (κ2) is 8.90. The van der Waals surface area contributed by atoms with Gasteiger partial charge in [-0.15, -0.1) is 0 Å². The van der Waals surface area contributed by atoms with Gasteiger partial charge in [-0.05, 0) is 36.2 Å². The van der Waals surface area contributed by atoms with Crippen molar-refractivity contribution in [3.8, 4) is 5.75 Å². The molecule has 0 aliphatic rings. The van der Waals surface area contributed by atoms with Crippen LogP contribution in [0.4, 0.5) is 20.3 Å². The van der Waals surface area contributed by atoms with Crippen molar-refractivity contribution in [3.05, 3.63) is 77.8 Å². The number of carbonyl (C=O) groups excluding carboxylic acids is 1. The molecular weight excluding hydrogens is 366 g/mol. The first kappa shape index (κ1) is 19.2. The molecule has 0 spiro atoms. The maximum atomic E-state index is 13.7. The van der Waals surface area contributed by atoms with E-state index in [0.717, 1.165) is 29.8 Å². The third-order valence-electron chi connectivity index (χ3n) is 3.97. The normalized spacial score (nSPS) is 10.4. The fourth-order valence-corrected chi connectivity index (χ4v) is 2.50. The van der Waals surface area contributed by atoms with Crippen LogP contribution in [0.15, 0.2) is 54.9 Å². The standard InChI is InChI=1S/C20H18F2N4O2/c1-28-14-7-5-13(6-8-14)9-10-23-20(27)17-11-18(25-12-24-17)26-19-15(21)3-2-4-16(19)22/h2-8,11-12H,9-10H2,1H3,(H,23,27)(H,24,25,26). The number of ether oxygens (including phenoxy) is 1. The molecule has 3 rings (SSSR count). The van der Waals surface area contributed by atoms with E-state index in [0.29, 0.717) is 13.0 Å². The molecule has 6 nitrogen and oxygen atoms in total. The van der Waals surface area contributed by atoms with Crippen molar-refractivity contribution in [1.29, 1.82) is 0 Å². The fraction of sp³-hybridized carbons (Fsp3) is 0.150. The number of methoxy groups -OCH3 is 1. The highest BCUT2D eigenvalue weighted by Crippen LogP contribution is 2.22. The molecule has 1 aromatic heterocycles. The number of hydrogen-bond donors (Lipinski definition) is 2. The predicted molar refractivity (Wildman–Crippen MR) is 101 cm³/mol. The van der Waals surface area contributed by atoms with Gasteiger partial charge in [0.2, 0.25) is 0 Å². The summed E-state index contributed by atoms with van der Waals surface area (Å²) in [7, 11) is 1.60. The number of aromatic nitrogens is 2. The van der Waals surface area contributed by atoms with Gasteiger partial charge in [-0.1, -0.05) is 18.2 Å². The smallest absolute Gasteiger partial charge is 0.270 e. The van der Waals surface area contributed by atoms with Gasteiger partial charge in [-0.2, -0.15) is 0 Å². The second-order valence-electron chi connectivity index (χ2n) is 5.86. The highest BCUT2D eigenvalue weighted by atomic mass is 19.1. The summed E-state index contributed by atoms with van der Waals surface area (Å²) in [4.78, 5) is 20.1. The van der Waals surface area contributed by atoms with Crippen LogP contribution in [0.5, 0.6) is 5.75 Å². The van der Waals surface area contributed by atoms with Crippen LogP contribution in [-0.4, -0.2) is 29.5 Å². The molecule has 0 fully saturated rings. The first-order chi connectivity index (χ1) is 13.6. The molecule has 1 heterocycles. The van der Waals surface area contributed by atoms with Crippen LogP contribution in [0, 0.1) is 11.6 Å². The molecule has 3 aromatic rings. The van der Waals surface area contributed by atoms with Crippen molar-refractivity contribution in [2.45, 2.75) is 6.42 Å². The van der Waals surface area contributed by atoms with E-state index in [1.54, 1.807) is 7.11 Å². The van der Waals surface area contributed by atoms with Gasteiger partial charge >= 0.3 is 0 Å². The quantitative estimate of drug-likeness (QED) is 0.652. The van der Waals surface area contributed by atoms with Crippen LogP contribution < -0.4 is 15.4 Å². The Kier molecular flexibility index (Phi) is 6.11. The molecule has 0 bridgehead atoms. The van der Waals surface area contributed by atoms with Gasteiger partial charge in [0.15, 0.2) is 0 Å². The van der Waals surface area contributed by atoms with E-state index in [2.05, 4.69) is 20.6 Å². The average molecular weight is 384 g/mol. The zero-order valence-corrected chi connectivity index (χ0v) is 15.1. The van der Waals surface area contributed by atoms with Crippen LogP contribution in [0.2, 0.25) is 0 Å². The minimum Gasteiger partial charge on any atom is -0.497 e. The Morgan fingerprint density at radius 2 is 1.79 bits per heavy atom. The Balaban J connectivity index is 1.60. The monoisotopic (exact) mass is 384 g/mol. The van der Waals surface area contributed by atoms with E-state index in [1.807, 2.05) is 24.3 Å². The molecule has 0 aliphatic heterocycles. The topological polar surface area (TPSA) is 76.1 Å². The number of nitrogens with one attached hydrogen (secondary N) is 2. The van der Waals surface area contributed by atoms with Crippen LogP contribution in [0.3, 0.4) is 0 Å². The molecule has 28 heavy (non-hydrogen) atoms. The number of amides is 1.